The molecule has 2 unspecified atom stereocenters. The van der Waals surface area contributed by atoms with Crippen molar-refractivity contribution in [1.29, 1.82) is 0 Å². The summed E-state index contributed by atoms with van der Waals surface area (Å²) in [6, 6.07) is 7.79. The van der Waals surface area contributed by atoms with E-state index in [0.717, 1.165) is 30.5 Å². The molecule has 1 aromatic rings. The Morgan fingerprint density at radius 3 is 2.88 bits per heavy atom. The van der Waals surface area contributed by atoms with Gasteiger partial charge in [0.15, 0.2) is 17.5 Å². The number of thioether (sulfide) groups is 1. The molecule has 5 nitrogen and oxygen atoms in total. The van der Waals surface area contributed by atoms with Crippen LogP contribution in [-0.4, -0.2) is 49.3 Å². The van der Waals surface area contributed by atoms with Crippen LogP contribution in [0.5, 0.6) is 11.5 Å². The van der Waals surface area contributed by atoms with Gasteiger partial charge in [-0.05, 0) is 37.7 Å². The topological polar surface area (TPSA) is 54.9 Å². The number of hydrogen-bond acceptors (Lipinski definition) is 4. The first-order chi connectivity index (χ1) is 11.3. The molecule has 0 amide bonds. The van der Waals surface area contributed by atoms with Crippen LogP contribution in [0.15, 0.2) is 29.3 Å². The summed E-state index contributed by atoms with van der Waals surface area (Å²) in [5, 5.41) is 7.34. The molecule has 7 heteroatoms. The lowest BCUT2D eigenvalue weighted by Crippen LogP contribution is -2.45. The van der Waals surface area contributed by atoms with E-state index in [1.165, 1.54) is 18.6 Å². The van der Waals surface area contributed by atoms with Crippen molar-refractivity contribution in [2.75, 3.05) is 32.0 Å². The highest BCUT2D eigenvalue weighted by atomic mass is 127. The zero-order valence-corrected chi connectivity index (χ0v) is 17.1. The van der Waals surface area contributed by atoms with Crippen LogP contribution in [-0.2, 0) is 0 Å². The molecule has 2 atom stereocenters. The van der Waals surface area contributed by atoms with Gasteiger partial charge in [0.05, 0.1) is 13.1 Å². The van der Waals surface area contributed by atoms with Crippen molar-refractivity contribution >= 4 is 41.7 Å². The number of hydrogen-bond donors (Lipinski definition) is 2. The molecule has 0 saturated carbocycles. The maximum Gasteiger partial charge on any atom is 0.191 e. The summed E-state index contributed by atoms with van der Waals surface area (Å²) in [5.41, 5.74) is 0. The first kappa shape index (κ1) is 19.5. The van der Waals surface area contributed by atoms with E-state index >= 15 is 0 Å². The number of ether oxygens (including phenoxy) is 2. The zero-order valence-electron chi connectivity index (χ0n) is 14.0. The van der Waals surface area contributed by atoms with Crippen LogP contribution >= 0.6 is 35.7 Å². The second-order valence-electron chi connectivity index (χ2n) is 5.73. The van der Waals surface area contributed by atoms with Crippen molar-refractivity contribution in [3.05, 3.63) is 24.3 Å². The van der Waals surface area contributed by atoms with E-state index in [4.69, 9.17) is 14.5 Å². The van der Waals surface area contributed by atoms with Crippen LogP contribution in [0, 0.1) is 0 Å². The lowest BCUT2D eigenvalue weighted by Gasteiger charge is -2.27. The maximum atomic E-state index is 5.96. The van der Waals surface area contributed by atoms with E-state index in [2.05, 4.69) is 17.6 Å². The van der Waals surface area contributed by atoms with Crippen LogP contribution in [0.3, 0.4) is 0 Å². The number of guanidine groups is 1. The molecule has 2 aliphatic rings. The fourth-order valence-corrected chi connectivity index (χ4v) is 3.88. The van der Waals surface area contributed by atoms with E-state index in [1.807, 2.05) is 36.0 Å². The predicted molar refractivity (Wildman–Crippen MR) is 111 cm³/mol. The Morgan fingerprint density at radius 1 is 1.29 bits per heavy atom. The minimum absolute atomic E-state index is 0. The molecular formula is C17H26IN3O2S. The molecule has 134 valence electrons. The van der Waals surface area contributed by atoms with Gasteiger partial charge >= 0.3 is 0 Å². The van der Waals surface area contributed by atoms with Gasteiger partial charge in [-0.25, -0.2) is 0 Å². The number of rotatable bonds is 5. The molecule has 1 aromatic carbocycles. The van der Waals surface area contributed by atoms with Gasteiger partial charge in [-0.2, -0.15) is 11.8 Å². The van der Waals surface area contributed by atoms with E-state index in [0.29, 0.717) is 18.4 Å². The molecule has 2 aliphatic heterocycles. The second kappa shape index (κ2) is 10.2. The van der Waals surface area contributed by atoms with E-state index in [9.17, 15) is 0 Å². The predicted octanol–water partition coefficient (Wildman–Crippen LogP) is 2.90. The van der Waals surface area contributed by atoms with Crippen LogP contribution in [0.25, 0.3) is 0 Å². The fraction of sp³-hybridized carbons (Fsp3) is 0.588. The summed E-state index contributed by atoms with van der Waals surface area (Å²) in [6.45, 7) is 5.05. The summed E-state index contributed by atoms with van der Waals surface area (Å²) in [4.78, 5) is 4.70. The van der Waals surface area contributed by atoms with Gasteiger partial charge in [-0.1, -0.05) is 12.1 Å². The standard InChI is InChI=1S/C17H25N3O2S.HI/c1-2-18-17(20-11-14-6-5-9-23-14)19-10-13-12-21-15-7-3-4-8-16(15)22-13;/h3-4,7-8,13-14H,2,5-6,9-12H2,1H3,(H2,18,19,20);1H. The average Bonchev–Trinajstić information content (AvgIpc) is 3.11. The van der Waals surface area contributed by atoms with Crippen molar-refractivity contribution in [3.63, 3.8) is 0 Å². The minimum atomic E-state index is -0.00499. The van der Waals surface area contributed by atoms with Crippen molar-refractivity contribution in [2.45, 2.75) is 31.1 Å². The highest BCUT2D eigenvalue weighted by Crippen LogP contribution is 2.30. The van der Waals surface area contributed by atoms with Gasteiger partial charge in [-0.3, -0.25) is 4.99 Å². The van der Waals surface area contributed by atoms with Gasteiger partial charge in [0.25, 0.3) is 0 Å². The summed E-state index contributed by atoms with van der Waals surface area (Å²) >= 11 is 2.03. The molecule has 0 aliphatic carbocycles. The fourth-order valence-electron chi connectivity index (χ4n) is 2.70. The van der Waals surface area contributed by atoms with E-state index in [1.54, 1.807) is 0 Å². The number of nitrogens with zero attached hydrogens (tertiary/aromatic N) is 1. The molecule has 0 spiro atoms. The molecule has 0 aromatic heterocycles. The normalized spacial score (nSPS) is 22.6. The van der Waals surface area contributed by atoms with Gasteiger partial charge in [0, 0.05) is 11.8 Å². The third-order valence-electron chi connectivity index (χ3n) is 3.89. The van der Waals surface area contributed by atoms with Crippen molar-refractivity contribution < 1.29 is 9.47 Å². The van der Waals surface area contributed by atoms with Gasteiger partial charge in [0.1, 0.15) is 12.7 Å². The lowest BCUT2D eigenvalue weighted by atomic mass is 10.2. The summed E-state index contributed by atoms with van der Waals surface area (Å²) in [6.07, 6.45) is 2.60. The Bertz CT molecular complexity index is 538. The van der Waals surface area contributed by atoms with Crippen molar-refractivity contribution in [2.24, 2.45) is 4.99 Å². The van der Waals surface area contributed by atoms with Gasteiger partial charge < -0.3 is 20.1 Å². The number of aliphatic imine (C=N–C) groups is 1. The van der Waals surface area contributed by atoms with Gasteiger partial charge in [-0.15, -0.1) is 24.0 Å². The maximum absolute atomic E-state index is 5.96. The molecule has 2 heterocycles. The van der Waals surface area contributed by atoms with Crippen molar-refractivity contribution in [3.8, 4) is 11.5 Å². The van der Waals surface area contributed by atoms with Crippen LogP contribution in [0.1, 0.15) is 19.8 Å². The SMILES string of the molecule is CCNC(=NCC1CCCS1)NCC1COc2ccccc2O1.I. The third-order valence-corrected chi connectivity index (χ3v) is 5.27. The third kappa shape index (κ3) is 5.61. The highest BCUT2D eigenvalue weighted by molar-refractivity contribution is 14.0. The number of benzene rings is 1. The smallest absolute Gasteiger partial charge is 0.191 e. The molecule has 1 saturated heterocycles. The molecule has 24 heavy (non-hydrogen) atoms. The highest BCUT2D eigenvalue weighted by Gasteiger charge is 2.21. The Morgan fingerprint density at radius 2 is 2.12 bits per heavy atom. The van der Waals surface area contributed by atoms with Crippen molar-refractivity contribution in [1.82, 2.24) is 10.6 Å². The second-order valence-corrected chi connectivity index (χ2v) is 7.14. The Hall–Kier alpha value is -0.830. The van der Waals surface area contributed by atoms with Crippen LogP contribution in [0.2, 0.25) is 0 Å². The number of para-hydroxylation sites is 2. The summed E-state index contributed by atoms with van der Waals surface area (Å²) in [5.74, 6) is 3.77. The molecule has 0 bridgehead atoms. The Labute approximate surface area is 165 Å². The first-order valence-corrected chi connectivity index (χ1v) is 9.42. The van der Waals surface area contributed by atoms with E-state index in [-0.39, 0.29) is 30.1 Å². The summed E-state index contributed by atoms with van der Waals surface area (Å²) < 4.78 is 11.7. The molecule has 3 rings (SSSR count). The average molecular weight is 463 g/mol. The van der Waals surface area contributed by atoms with Gasteiger partial charge in [0.2, 0.25) is 0 Å². The monoisotopic (exact) mass is 463 g/mol. The van der Waals surface area contributed by atoms with Crippen LogP contribution in [0.4, 0.5) is 0 Å². The minimum Gasteiger partial charge on any atom is -0.486 e. The Balaban J connectivity index is 0.00000208. The van der Waals surface area contributed by atoms with E-state index < -0.39 is 0 Å². The first-order valence-electron chi connectivity index (χ1n) is 8.37. The number of nitrogens with one attached hydrogen (secondary N) is 2. The quantitative estimate of drug-likeness (QED) is 0.400. The number of fused-ring (bicyclic) bond motifs is 1. The molecule has 0 radical (unpaired) electrons. The molecule has 1 fully saturated rings. The Kier molecular flexibility index (Phi) is 8.31. The summed E-state index contributed by atoms with van der Waals surface area (Å²) in [7, 11) is 0. The largest absolute Gasteiger partial charge is 0.486 e. The molecule has 2 N–H and O–H groups in total. The molecular weight excluding hydrogens is 437 g/mol. The lowest BCUT2D eigenvalue weighted by molar-refractivity contribution is 0.0936. The zero-order chi connectivity index (χ0) is 15.9. The van der Waals surface area contributed by atoms with Crippen LogP contribution < -0.4 is 20.1 Å². The number of halogens is 1.